The van der Waals surface area contributed by atoms with Crippen LogP contribution >= 0.6 is 0 Å². The zero-order chi connectivity index (χ0) is 21.0. The number of esters is 1. The minimum absolute atomic E-state index is 0.0966. The molecule has 1 aromatic heterocycles. The molecule has 2 heterocycles. The first-order valence-corrected chi connectivity index (χ1v) is 9.76. The maximum Gasteiger partial charge on any atom is 0.410 e. The third kappa shape index (κ3) is 5.56. The van der Waals surface area contributed by atoms with Gasteiger partial charge in [0.1, 0.15) is 5.60 Å². The van der Waals surface area contributed by atoms with Crippen LogP contribution in [0.1, 0.15) is 45.1 Å². The normalized spacial score (nSPS) is 17.1. The fourth-order valence-corrected chi connectivity index (χ4v) is 3.16. The van der Waals surface area contributed by atoms with E-state index >= 15 is 0 Å². The molecule has 0 aliphatic carbocycles. The van der Waals surface area contributed by atoms with Gasteiger partial charge < -0.3 is 18.9 Å². The molecule has 29 heavy (non-hydrogen) atoms. The van der Waals surface area contributed by atoms with Crippen molar-refractivity contribution in [2.75, 3.05) is 13.1 Å². The molecule has 0 radical (unpaired) electrons. The van der Waals surface area contributed by atoms with Crippen molar-refractivity contribution in [2.24, 2.45) is 5.92 Å². The van der Waals surface area contributed by atoms with Crippen LogP contribution in [-0.2, 0) is 20.9 Å². The monoisotopic (exact) mass is 401 g/mol. The van der Waals surface area contributed by atoms with Crippen LogP contribution in [0, 0.1) is 12.8 Å². The second kappa shape index (κ2) is 8.63. The van der Waals surface area contributed by atoms with Gasteiger partial charge in [-0.3, -0.25) is 4.79 Å². The summed E-state index contributed by atoms with van der Waals surface area (Å²) >= 11 is 0. The topological polar surface area (TPSA) is 94.8 Å². The average Bonchev–Trinajstić information content (AvgIpc) is 3.14. The number of hydrogen-bond donors (Lipinski definition) is 0. The quantitative estimate of drug-likeness (QED) is 0.720. The van der Waals surface area contributed by atoms with Gasteiger partial charge in [0, 0.05) is 18.7 Å². The smallest absolute Gasteiger partial charge is 0.410 e. The molecule has 1 atom stereocenters. The molecule has 1 aliphatic rings. The number of carbonyl (C=O) groups is 2. The zero-order valence-corrected chi connectivity index (χ0v) is 17.3. The molecule has 1 unspecified atom stereocenters. The Labute approximate surface area is 170 Å². The van der Waals surface area contributed by atoms with Gasteiger partial charge >= 0.3 is 12.1 Å². The van der Waals surface area contributed by atoms with Gasteiger partial charge in [0.15, 0.2) is 6.61 Å². The lowest BCUT2D eigenvalue weighted by Crippen LogP contribution is -2.45. The second-order valence-electron chi connectivity index (χ2n) is 8.20. The minimum Gasteiger partial charge on any atom is -0.455 e. The minimum atomic E-state index is -0.572. The molecule has 156 valence electrons. The lowest BCUT2D eigenvalue weighted by Gasteiger charge is -2.33. The summed E-state index contributed by atoms with van der Waals surface area (Å²) in [6, 6.07) is 7.71. The van der Waals surface area contributed by atoms with Gasteiger partial charge in [0.05, 0.1) is 5.92 Å². The number of likely N-dealkylation sites (tertiary alicyclic amines) is 1. The van der Waals surface area contributed by atoms with Gasteiger partial charge in [-0.1, -0.05) is 29.4 Å². The summed E-state index contributed by atoms with van der Waals surface area (Å²) in [5.41, 5.74) is 1.33. The molecule has 0 N–H and O–H groups in total. The molecule has 3 rings (SSSR count). The number of carbonyl (C=O) groups excluding carboxylic acids is 2. The molecule has 0 bridgehead atoms. The van der Waals surface area contributed by atoms with Crippen LogP contribution < -0.4 is 0 Å². The Morgan fingerprint density at radius 1 is 1.28 bits per heavy atom. The van der Waals surface area contributed by atoms with Crippen molar-refractivity contribution in [3.63, 3.8) is 0 Å². The third-order valence-corrected chi connectivity index (χ3v) is 4.60. The summed E-state index contributed by atoms with van der Waals surface area (Å²) in [5.74, 6) is -0.0803. The zero-order valence-electron chi connectivity index (χ0n) is 17.3. The van der Waals surface area contributed by atoms with E-state index in [1.165, 1.54) is 0 Å². The summed E-state index contributed by atoms with van der Waals surface area (Å²) in [7, 11) is 0. The van der Waals surface area contributed by atoms with Crippen LogP contribution in [0.4, 0.5) is 4.79 Å². The lowest BCUT2D eigenvalue weighted by atomic mass is 9.98. The first-order chi connectivity index (χ1) is 13.7. The Hall–Kier alpha value is -2.90. The number of nitrogens with zero attached hydrogens (tertiary/aromatic N) is 3. The fraction of sp³-hybridized carbons (Fsp3) is 0.524. The molecular weight excluding hydrogens is 374 g/mol. The van der Waals surface area contributed by atoms with Gasteiger partial charge in [0.2, 0.25) is 5.82 Å². The number of ether oxygens (including phenoxy) is 2. The van der Waals surface area contributed by atoms with E-state index in [1.54, 1.807) is 4.90 Å². The van der Waals surface area contributed by atoms with Gasteiger partial charge in [-0.2, -0.15) is 4.98 Å². The van der Waals surface area contributed by atoms with E-state index < -0.39 is 17.6 Å². The standard InChI is InChI=1S/C21H27N3O5/c1-14-8-5-6-10-16(14)18-22-17(29-23-18)13-27-19(25)15-9-7-11-24(12-15)20(26)28-21(2,3)4/h5-6,8,10,15H,7,9,11-13H2,1-4H3. The highest BCUT2D eigenvalue weighted by atomic mass is 16.6. The Bertz CT molecular complexity index is 871. The van der Waals surface area contributed by atoms with E-state index in [9.17, 15) is 9.59 Å². The molecule has 8 nitrogen and oxygen atoms in total. The molecule has 1 aliphatic heterocycles. The van der Waals surface area contributed by atoms with Gasteiger partial charge in [0.25, 0.3) is 5.89 Å². The van der Waals surface area contributed by atoms with Crippen LogP contribution in [0.5, 0.6) is 0 Å². The average molecular weight is 401 g/mol. The third-order valence-electron chi connectivity index (χ3n) is 4.60. The lowest BCUT2D eigenvalue weighted by molar-refractivity contribution is -0.152. The Morgan fingerprint density at radius 2 is 2.03 bits per heavy atom. The molecule has 1 amide bonds. The highest BCUT2D eigenvalue weighted by Gasteiger charge is 2.32. The summed E-state index contributed by atoms with van der Waals surface area (Å²) in [5, 5.41) is 3.96. The van der Waals surface area contributed by atoms with Crippen LogP contribution in [-0.4, -0.2) is 45.8 Å². The molecule has 0 saturated carbocycles. The van der Waals surface area contributed by atoms with E-state index in [0.29, 0.717) is 18.8 Å². The Kier molecular flexibility index (Phi) is 6.20. The first kappa shape index (κ1) is 20.8. The number of aromatic nitrogens is 2. The van der Waals surface area contributed by atoms with Crippen molar-refractivity contribution in [2.45, 2.75) is 52.7 Å². The Balaban J connectivity index is 1.54. The molecule has 1 fully saturated rings. The highest BCUT2D eigenvalue weighted by Crippen LogP contribution is 2.22. The fourth-order valence-electron chi connectivity index (χ4n) is 3.16. The number of hydrogen-bond acceptors (Lipinski definition) is 7. The predicted octanol–water partition coefficient (Wildman–Crippen LogP) is 3.74. The molecule has 8 heteroatoms. The number of aryl methyl sites for hydroxylation is 1. The molecule has 1 saturated heterocycles. The summed E-state index contributed by atoms with van der Waals surface area (Å²) < 4.78 is 16.0. The van der Waals surface area contributed by atoms with Gasteiger partial charge in [-0.25, -0.2) is 4.79 Å². The van der Waals surface area contributed by atoms with Crippen molar-refractivity contribution >= 4 is 12.1 Å². The maximum absolute atomic E-state index is 12.5. The molecular formula is C21H27N3O5. The van der Waals surface area contributed by atoms with Crippen LogP contribution in [0.3, 0.4) is 0 Å². The maximum atomic E-state index is 12.5. The highest BCUT2D eigenvalue weighted by molar-refractivity contribution is 5.75. The molecule has 2 aromatic rings. The van der Waals surface area contributed by atoms with E-state index in [0.717, 1.165) is 17.5 Å². The van der Waals surface area contributed by atoms with Gasteiger partial charge in [-0.15, -0.1) is 0 Å². The Morgan fingerprint density at radius 3 is 2.76 bits per heavy atom. The first-order valence-electron chi connectivity index (χ1n) is 9.76. The van der Waals surface area contributed by atoms with Gasteiger partial charge in [-0.05, 0) is 46.1 Å². The van der Waals surface area contributed by atoms with E-state index in [1.807, 2.05) is 52.0 Å². The summed E-state index contributed by atoms with van der Waals surface area (Å²) in [4.78, 5) is 30.6. The van der Waals surface area contributed by atoms with Crippen LogP contribution in [0.2, 0.25) is 0 Å². The molecule has 1 aromatic carbocycles. The van der Waals surface area contributed by atoms with Crippen LogP contribution in [0.15, 0.2) is 28.8 Å². The second-order valence-corrected chi connectivity index (χ2v) is 8.20. The van der Waals surface area contributed by atoms with E-state index in [2.05, 4.69) is 10.1 Å². The number of amides is 1. The SMILES string of the molecule is Cc1ccccc1-c1noc(COC(=O)C2CCCN(C(=O)OC(C)(C)C)C2)n1. The summed E-state index contributed by atoms with van der Waals surface area (Å²) in [6.45, 7) is 8.17. The largest absolute Gasteiger partial charge is 0.455 e. The number of piperidine rings is 1. The van der Waals surface area contributed by atoms with Crippen molar-refractivity contribution in [3.8, 4) is 11.4 Å². The van der Waals surface area contributed by atoms with Crippen molar-refractivity contribution in [1.29, 1.82) is 0 Å². The predicted molar refractivity (Wildman–Crippen MR) is 105 cm³/mol. The summed E-state index contributed by atoms with van der Waals surface area (Å²) in [6.07, 6.45) is 0.975. The van der Waals surface area contributed by atoms with Crippen molar-refractivity contribution in [3.05, 3.63) is 35.7 Å². The number of benzene rings is 1. The van der Waals surface area contributed by atoms with Crippen molar-refractivity contribution in [1.82, 2.24) is 15.0 Å². The number of rotatable bonds is 4. The van der Waals surface area contributed by atoms with E-state index in [4.69, 9.17) is 14.0 Å². The van der Waals surface area contributed by atoms with Crippen molar-refractivity contribution < 1.29 is 23.6 Å². The molecule has 0 spiro atoms. The van der Waals surface area contributed by atoms with E-state index in [-0.39, 0.29) is 25.0 Å². The van der Waals surface area contributed by atoms with Crippen LogP contribution in [0.25, 0.3) is 11.4 Å².